The second kappa shape index (κ2) is 4.61. The number of para-hydroxylation sites is 1. The summed E-state index contributed by atoms with van der Waals surface area (Å²) in [4.78, 5) is 20.4. The van der Waals surface area contributed by atoms with E-state index in [9.17, 15) is 4.79 Å². The molecule has 0 radical (unpaired) electrons. The molecule has 0 aliphatic rings. The van der Waals surface area contributed by atoms with Gasteiger partial charge in [0.05, 0.1) is 11.1 Å². The number of carbonyl (C=O) groups is 1. The van der Waals surface area contributed by atoms with Crippen molar-refractivity contribution in [2.75, 3.05) is 11.1 Å². The molecule has 100 valence electrons. The molecule has 0 aliphatic heterocycles. The van der Waals surface area contributed by atoms with Gasteiger partial charge < -0.3 is 10.3 Å². The number of hydrogen-bond donors (Lipinski definition) is 2. The lowest BCUT2D eigenvalue weighted by Crippen LogP contribution is -2.13. The van der Waals surface area contributed by atoms with E-state index in [-0.39, 0.29) is 17.7 Å². The standard InChI is InChI=1S/C13H11N5O2/c1-7-15-13(20-18-7)17-12(19)9-6-11(14)16-10-5-3-2-4-8(9)10/h2-6H,1H3,(H2,14,16)(H,15,17,18,19). The quantitative estimate of drug-likeness (QED) is 0.734. The molecular formula is C13H11N5O2. The van der Waals surface area contributed by atoms with Crippen LogP contribution in [-0.4, -0.2) is 21.0 Å². The number of anilines is 2. The van der Waals surface area contributed by atoms with Gasteiger partial charge in [-0.3, -0.25) is 10.1 Å². The normalized spacial score (nSPS) is 10.7. The Morgan fingerprint density at radius 2 is 2.10 bits per heavy atom. The number of benzene rings is 1. The molecule has 1 aromatic carbocycles. The van der Waals surface area contributed by atoms with Crippen molar-refractivity contribution in [3.63, 3.8) is 0 Å². The van der Waals surface area contributed by atoms with Gasteiger partial charge in [0.1, 0.15) is 5.82 Å². The molecule has 2 heterocycles. The van der Waals surface area contributed by atoms with Gasteiger partial charge in [0.2, 0.25) is 0 Å². The fourth-order valence-electron chi connectivity index (χ4n) is 1.90. The number of aryl methyl sites for hydroxylation is 1. The first-order chi connectivity index (χ1) is 9.63. The molecule has 0 saturated carbocycles. The van der Waals surface area contributed by atoms with Gasteiger partial charge >= 0.3 is 6.01 Å². The summed E-state index contributed by atoms with van der Waals surface area (Å²) in [6.07, 6.45) is 0. The number of nitrogens with zero attached hydrogens (tertiary/aromatic N) is 3. The third-order valence-corrected chi connectivity index (χ3v) is 2.73. The molecule has 3 rings (SSSR count). The Bertz CT molecular complexity index is 796. The van der Waals surface area contributed by atoms with Crippen LogP contribution < -0.4 is 11.1 Å². The van der Waals surface area contributed by atoms with Crippen molar-refractivity contribution >= 4 is 28.6 Å². The number of rotatable bonds is 2. The maximum absolute atomic E-state index is 12.3. The number of nitrogen functional groups attached to an aromatic ring is 1. The highest BCUT2D eigenvalue weighted by Crippen LogP contribution is 2.20. The van der Waals surface area contributed by atoms with Gasteiger partial charge in [-0.25, -0.2) is 4.98 Å². The summed E-state index contributed by atoms with van der Waals surface area (Å²) in [7, 11) is 0. The van der Waals surface area contributed by atoms with Crippen molar-refractivity contribution in [3.05, 3.63) is 41.7 Å². The number of nitrogens with two attached hydrogens (primary N) is 1. The average Bonchev–Trinajstić information content (AvgIpc) is 2.83. The van der Waals surface area contributed by atoms with Gasteiger partial charge in [-0.2, -0.15) is 4.98 Å². The highest BCUT2D eigenvalue weighted by atomic mass is 16.5. The van der Waals surface area contributed by atoms with Crippen LogP contribution in [0.1, 0.15) is 16.2 Å². The fourth-order valence-corrected chi connectivity index (χ4v) is 1.90. The Morgan fingerprint density at radius 3 is 2.85 bits per heavy atom. The van der Waals surface area contributed by atoms with Gasteiger partial charge in [0.15, 0.2) is 5.82 Å². The van der Waals surface area contributed by atoms with Crippen molar-refractivity contribution in [1.82, 2.24) is 15.1 Å². The minimum absolute atomic E-state index is 0.0481. The van der Waals surface area contributed by atoms with E-state index in [4.69, 9.17) is 10.3 Å². The number of hydrogen-bond acceptors (Lipinski definition) is 6. The number of amides is 1. The van der Waals surface area contributed by atoms with E-state index in [2.05, 4.69) is 20.4 Å². The molecule has 1 amide bonds. The lowest BCUT2D eigenvalue weighted by molar-refractivity contribution is 0.102. The predicted octanol–water partition coefficient (Wildman–Crippen LogP) is 1.76. The Labute approximate surface area is 113 Å². The molecule has 7 nitrogen and oxygen atoms in total. The second-order valence-corrected chi connectivity index (χ2v) is 4.21. The zero-order chi connectivity index (χ0) is 14.1. The molecular weight excluding hydrogens is 258 g/mol. The molecule has 7 heteroatoms. The minimum atomic E-state index is -0.376. The molecule has 20 heavy (non-hydrogen) atoms. The Kier molecular flexibility index (Phi) is 2.79. The Balaban J connectivity index is 2.02. The number of carbonyl (C=O) groups excluding carboxylic acids is 1. The highest BCUT2D eigenvalue weighted by molar-refractivity contribution is 6.12. The maximum atomic E-state index is 12.3. The van der Waals surface area contributed by atoms with Gasteiger partial charge in [-0.05, 0) is 19.1 Å². The SMILES string of the molecule is Cc1noc(NC(=O)c2cc(N)nc3ccccc23)n1. The fraction of sp³-hybridized carbons (Fsp3) is 0.0769. The first kappa shape index (κ1) is 12.1. The topological polar surface area (TPSA) is 107 Å². The summed E-state index contributed by atoms with van der Waals surface area (Å²) < 4.78 is 4.86. The summed E-state index contributed by atoms with van der Waals surface area (Å²) in [5, 5.41) is 6.85. The van der Waals surface area contributed by atoms with E-state index in [0.717, 1.165) is 0 Å². The van der Waals surface area contributed by atoms with Crippen molar-refractivity contribution in [2.45, 2.75) is 6.92 Å². The Morgan fingerprint density at radius 1 is 1.30 bits per heavy atom. The van der Waals surface area contributed by atoms with Crippen molar-refractivity contribution in [3.8, 4) is 0 Å². The second-order valence-electron chi connectivity index (χ2n) is 4.21. The summed E-state index contributed by atoms with van der Waals surface area (Å²) in [5.41, 5.74) is 6.78. The van der Waals surface area contributed by atoms with Crippen LogP contribution in [0.3, 0.4) is 0 Å². The van der Waals surface area contributed by atoms with Crippen molar-refractivity contribution in [2.24, 2.45) is 0 Å². The zero-order valence-corrected chi connectivity index (χ0v) is 10.6. The molecule has 0 saturated heterocycles. The molecule has 3 N–H and O–H groups in total. The smallest absolute Gasteiger partial charge is 0.328 e. The van der Waals surface area contributed by atoms with Crippen LogP contribution >= 0.6 is 0 Å². The third kappa shape index (κ3) is 2.16. The summed E-state index contributed by atoms with van der Waals surface area (Å²) in [6.45, 7) is 1.67. The van der Waals surface area contributed by atoms with Crippen LogP contribution in [0.5, 0.6) is 0 Å². The van der Waals surface area contributed by atoms with Crippen molar-refractivity contribution < 1.29 is 9.32 Å². The van der Waals surface area contributed by atoms with Crippen LogP contribution in [0.15, 0.2) is 34.9 Å². The molecule has 0 atom stereocenters. The molecule has 0 unspecified atom stereocenters. The van der Waals surface area contributed by atoms with Crippen molar-refractivity contribution in [1.29, 1.82) is 0 Å². The van der Waals surface area contributed by atoms with Gasteiger partial charge in [-0.1, -0.05) is 23.4 Å². The Hall–Kier alpha value is -2.96. The van der Waals surface area contributed by atoms with E-state index >= 15 is 0 Å². The first-order valence-electron chi connectivity index (χ1n) is 5.90. The van der Waals surface area contributed by atoms with E-state index in [0.29, 0.717) is 22.3 Å². The average molecular weight is 269 g/mol. The first-order valence-corrected chi connectivity index (χ1v) is 5.90. The lowest BCUT2D eigenvalue weighted by atomic mass is 10.1. The molecule has 0 aliphatic carbocycles. The summed E-state index contributed by atoms with van der Waals surface area (Å²) in [5.74, 6) is 0.342. The maximum Gasteiger partial charge on any atom is 0.328 e. The van der Waals surface area contributed by atoms with E-state index < -0.39 is 0 Å². The molecule has 2 aromatic heterocycles. The van der Waals surface area contributed by atoms with Gasteiger partial charge in [0, 0.05) is 5.39 Å². The number of pyridine rings is 1. The number of fused-ring (bicyclic) bond motifs is 1. The molecule has 3 aromatic rings. The van der Waals surface area contributed by atoms with Crippen LogP contribution in [0.4, 0.5) is 11.8 Å². The molecule has 0 bridgehead atoms. The zero-order valence-electron chi connectivity index (χ0n) is 10.6. The van der Waals surface area contributed by atoms with Crippen LogP contribution in [-0.2, 0) is 0 Å². The van der Waals surface area contributed by atoms with Gasteiger partial charge in [0.25, 0.3) is 5.91 Å². The van der Waals surface area contributed by atoms with Crippen LogP contribution in [0.2, 0.25) is 0 Å². The van der Waals surface area contributed by atoms with E-state index in [1.165, 1.54) is 6.07 Å². The predicted molar refractivity (Wildman–Crippen MR) is 73.1 cm³/mol. The highest BCUT2D eigenvalue weighted by Gasteiger charge is 2.14. The lowest BCUT2D eigenvalue weighted by Gasteiger charge is -2.06. The molecule has 0 fully saturated rings. The number of aromatic nitrogens is 3. The van der Waals surface area contributed by atoms with Gasteiger partial charge in [-0.15, -0.1) is 0 Å². The minimum Gasteiger partial charge on any atom is -0.384 e. The number of nitrogens with one attached hydrogen (secondary N) is 1. The summed E-state index contributed by atoms with van der Waals surface area (Å²) in [6, 6.07) is 8.81. The van der Waals surface area contributed by atoms with Crippen LogP contribution in [0.25, 0.3) is 10.9 Å². The van der Waals surface area contributed by atoms with E-state index in [1.807, 2.05) is 12.1 Å². The summed E-state index contributed by atoms with van der Waals surface area (Å²) >= 11 is 0. The molecule has 0 spiro atoms. The monoisotopic (exact) mass is 269 g/mol. The largest absolute Gasteiger partial charge is 0.384 e. The van der Waals surface area contributed by atoms with Crippen LogP contribution in [0, 0.1) is 6.92 Å². The van der Waals surface area contributed by atoms with E-state index in [1.54, 1.807) is 19.1 Å². The third-order valence-electron chi connectivity index (χ3n) is 2.73.